The molecule has 1 heteroatoms. The smallest absolute Gasteiger partial charge is 0.0631 e. The van der Waals surface area contributed by atoms with Crippen molar-refractivity contribution in [2.24, 2.45) is 28.1 Å². The van der Waals surface area contributed by atoms with Crippen LogP contribution in [0.4, 0.5) is 0 Å². The highest BCUT2D eigenvalue weighted by molar-refractivity contribution is 5.25. The predicted molar refractivity (Wildman–Crippen MR) is 135 cm³/mol. The Bertz CT molecular complexity index is 746. The Labute approximate surface area is 193 Å². The summed E-state index contributed by atoms with van der Waals surface area (Å²) in [5.41, 5.74) is 7.55. The minimum Gasteiger partial charge on any atom is -0.392 e. The van der Waals surface area contributed by atoms with E-state index >= 15 is 0 Å². The number of aliphatic hydroxyl groups is 1. The van der Waals surface area contributed by atoms with Gasteiger partial charge in [-0.1, -0.05) is 69.1 Å². The third-order valence-electron chi connectivity index (χ3n) is 9.71. The molecule has 0 spiro atoms. The SMILES string of the molecule is CC1=CCC(O)C(C)(C)C1CC/C(C)=C/CCC1=C(C)CCC2(C)CCC(C)(C)CC12. The van der Waals surface area contributed by atoms with Gasteiger partial charge in [0.05, 0.1) is 6.10 Å². The van der Waals surface area contributed by atoms with Crippen molar-refractivity contribution in [3.63, 3.8) is 0 Å². The maximum atomic E-state index is 10.5. The van der Waals surface area contributed by atoms with Crippen molar-refractivity contribution in [3.05, 3.63) is 34.4 Å². The summed E-state index contributed by atoms with van der Waals surface area (Å²) in [7, 11) is 0. The van der Waals surface area contributed by atoms with Crippen molar-refractivity contribution >= 4 is 0 Å². The van der Waals surface area contributed by atoms with E-state index in [2.05, 4.69) is 67.5 Å². The molecular formula is C30H50O. The van der Waals surface area contributed by atoms with Crippen LogP contribution in [0.2, 0.25) is 0 Å². The van der Waals surface area contributed by atoms with Crippen LogP contribution in [0, 0.1) is 28.1 Å². The molecule has 0 aromatic rings. The minimum absolute atomic E-state index is 0.0125. The van der Waals surface area contributed by atoms with Crippen LogP contribution >= 0.6 is 0 Å². The average molecular weight is 427 g/mol. The molecule has 176 valence electrons. The zero-order valence-corrected chi connectivity index (χ0v) is 21.9. The van der Waals surface area contributed by atoms with Crippen LogP contribution in [0.1, 0.15) is 120 Å². The number of aliphatic hydroxyl groups excluding tert-OH is 1. The van der Waals surface area contributed by atoms with E-state index in [9.17, 15) is 5.11 Å². The van der Waals surface area contributed by atoms with Crippen molar-refractivity contribution in [2.45, 2.75) is 126 Å². The monoisotopic (exact) mass is 426 g/mol. The Morgan fingerprint density at radius 3 is 2.52 bits per heavy atom. The summed E-state index contributed by atoms with van der Waals surface area (Å²) >= 11 is 0. The van der Waals surface area contributed by atoms with E-state index in [1.807, 2.05) is 0 Å². The first kappa shape index (κ1) is 24.8. The molecule has 3 aliphatic carbocycles. The fraction of sp³-hybridized carbons (Fsp3) is 0.800. The molecule has 1 nitrogen and oxygen atoms in total. The summed E-state index contributed by atoms with van der Waals surface area (Å²) in [6.45, 7) is 19.0. The highest BCUT2D eigenvalue weighted by Gasteiger charge is 2.46. The topological polar surface area (TPSA) is 20.2 Å². The largest absolute Gasteiger partial charge is 0.392 e. The lowest BCUT2D eigenvalue weighted by Crippen LogP contribution is -2.41. The van der Waals surface area contributed by atoms with Crippen LogP contribution in [-0.4, -0.2) is 11.2 Å². The lowest BCUT2D eigenvalue weighted by atomic mass is 9.53. The van der Waals surface area contributed by atoms with Crippen LogP contribution in [0.15, 0.2) is 34.4 Å². The van der Waals surface area contributed by atoms with Crippen molar-refractivity contribution in [1.29, 1.82) is 0 Å². The number of fused-ring (bicyclic) bond motifs is 1. The fourth-order valence-corrected chi connectivity index (χ4v) is 6.97. The zero-order valence-electron chi connectivity index (χ0n) is 21.9. The second-order valence-corrected chi connectivity index (χ2v) is 13.1. The molecule has 0 amide bonds. The molecule has 31 heavy (non-hydrogen) atoms. The zero-order chi connectivity index (χ0) is 23.0. The van der Waals surface area contributed by atoms with Gasteiger partial charge in [0.2, 0.25) is 0 Å². The molecule has 4 unspecified atom stereocenters. The van der Waals surface area contributed by atoms with Gasteiger partial charge in [0.25, 0.3) is 0 Å². The number of hydrogen-bond acceptors (Lipinski definition) is 1. The molecule has 0 aliphatic heterocycles. The van der Waals surface area contributed by atoms with Gasteiger partial charge >= 0.3 is 0 Å². The van der Waals surface area contributed by atoms with Crippen LogP contribution in [0.3, 0.4) is 0 Å². The third kappa shape index (κ3) is 5.40. The maximum absolute atomic E-state index is 10.5. The van der Waals surface area contributed by atoms with Gasteiger partial charge in [-0.2, -0.15) is 0 Å². The van der Waals surface area contributed by atoms with Crippen molar-refractivity contribution < 1.29 is 5.11 Å². The van der Waals surface area contributed by atoms with E-state index in [-0.39, 0.29) is 11.5 Å². The molecule has 0 bridgehead atoms. The summed E-state index contributed by atoms with van der Waals surface area (Å²) in [5, 5.41) is 10.5. The Morgan fingerprint density at radius 2 is 1.81 bits per heavy atom. The molecule has 0 aromatic heterocycles. The lowest BCUT2D eigenvalue weighted by molar-refractivity contribution is 0.00849. The highest BCUT2D eigenvalue weighted by atomic mass is 16.3. The molecule has 1 saturated carbocycles. The number of allylic oxidation sites excluding steroid dienone is 5. The van der Waals surface area contributed by atoms with Crippen LogP contribution < -0.4 is 0 Å². The summed E-state index contributed by atoms with van der Waals surface area (Å²) in [5.74, 6) is 1.30. The number of hydrogen-bond donors (Lipinski definition) is 1. The molecule has 0 saturated heterocycles. The molecule has 1 N–H and O–H groups in total. The first-order chi connectivity index (χ1) is 14.4. The lowest BCUT2D eigenvalue weighted by Gasteiger charge is -2.52. The van der Waals surface area contributed by atoms with Gasteiger partial charge in [-0.15, -0.1) is 0 Å². The molecule has 3 rings (SSSR count). The summed E-state index contributed by atoms with van der Waals surface area (Å²) in [6.07, 6.45) is 17.0. The van der Waals surface area contributed by atoms with E-state index in [0.717, 1.165) is 25.2 Å². The van der Waals surface area contributed by atoms with E-state index in [1.54, 1.807) is 11.1 Å². The molecule has 3 aliphatic rings. The summed E-state index contributed by atoms with van der Waals surface area (Å²) in [6, 6.07) is 0. The predicted octanol–water partition coefficient (Wildman–Crippen LogP) is 8.79. The van der Waals surface area contributed by atoms with Crippen LogP contribution in [0.25, 0.3) is 0 Å². The third-order valence-corrected chi connectivity index (χ3v) is 9.71. The molecule has 0 radical (unpaired) electrons. The van der Waals surface area contributed by atoms with E-state index in [1.165, 1.54) is 56.1 Å². The highest BCUT2D eigenvalue weighted by Crippen LogP contribution is 2.57. The van der Waals surface area contributed by atoms with Gasteiger partial charge in [-0.3, -0.25) is 0 Å². The van der Waals surface area contributed by atoms with Gasteiger partial charge in [0.1, 0.15) is 0 Å². The molecule has 4 atom stereocenters. The summed E-state index contributed by atoms with van der Waals surface area (Å²) in [4.78, 5) is 0. The molecule has 0 heterocycles. The van der Waals surface area contributed by atoms with Crippen molar-refractivity contribution in [1.82, 2.24) is 0 Å². The Kier molecular flexibility index (Phi) is 7.37. The molecule has 1 fully saturated rings. The quantitative estimate of drug-likeness (QED) is 0.421. The van der Waals surface area contributed by atoms with Gasteiger partial charge in [-0.05, 0) is 113 Å². The van der Waals surface area contributed by atoms with E-state index in [0.29, 0.717) is 16.7 Å². The van der Waals surface area contributed by atoms with Gasteiger partial charge in [0, 0.05) is 0 Å². The summed E-state index contributed by atoms with van der Waals surface area (Å²) < 4.78 is 0. The molecular weight excluding hydrogens is 376 g/mol. The van der Waals surface area contributed by atoms with Crippen molar-refractivity contribution in [3.8, 4) is 0 Å². The Balaban J connectivity index is 1.60. The first-order valence-electron chi connectivity index (χ1n) is 13.0. The van der Waals surface area contributed by atoms with Gasteiger partial charge in [-0.25, -0.2) is 0 Å². The Hall–Kier alpha value is -0.820. The minimum atomic E-state index is -0.208. The van der Waals surface area contributed by atoms with Crippen LogP contribution in [-0.2, 0) is 0 Å². The van der Waals surface area contributed by atoms with Gasteiger partial charge < -0.3 is 5.11 Å². The second kappa shape index (κ2) is 9.20. The van der Waals surface area contributed by atoms with E-state index < -0.39 is 0 Å². The maximum Gasteiger partial charge on any atom is 0.0631 e. The molecule has 0 aromatic carbocycles. The first-order valence-corrected chi connectivity index (χ1v) is 13.0. The van der Waals surface area contributed by atoms with Crippen LogP contribution in [0.5, 0.6) is 0 Å². The fourth-order valence-electron chi connectivity index (χ4n) is 6.97. The normalized spacial score (nSPS) is 35.6. The van der Waals surface area contributed by atoms with E-state index in [4.69, 9.17) is 0 Å². The average Bonchev–Trinajstić information content (AvgIpc) is 2.68. The number of rotatable bonds is 6. The van der Waals surface area contributed by atoms with Crippen molar-refractivity contribution in [2.75, 3.05) is 0 Å². The van der Waals surface area contributed by atoms with Gasteiger partial charge in [0.15, 0.2) is 0 Å². The Morgan fingerprint density at radius 1 is 1.10 bits per heavy atom. The standard InChI is InChI=1S/C30H50O/c1-21(12-14-25-23(3)13-15-27(31)29(25,6)7)10-9-11-24-22(2)16-17-30(8)19-18-28(4,5)20-26(24)30/h10,13,25-27,31H,9,11-12,14-20H2,1-8H3/b21-10+. The second-order valence-electron chi connectivity index (χ2n) is 13.1.